The summed E-state index contributed by atoms with van der Waals surface area (Å²) in [6.07, 6.45) is 0.207. The Hall–Kier alpha value is -2.80. The molecule has 0 aliphatic heterocycles. The minimum Gasteiger partial charge on any atom is -0.493 e. The van der Waals surface area contributed by atoms with Gasteiger partial charge in [0.05, 0.1) is 30.9 Å². The molecule has 3 aromatic rings. The molecule has 0 spiro atoms. The number of nitrogens with zero attached hydrogens (tertiary/aromatic N) is 2. The van der Waals surface area contributed by atoms with Crippen LogP contribution in [0.5, 0.6) is 11.5 Å². The lowest BCUT2D eigenvalue weighted by Gasteiger charge is -2.09. The zero-order valence-corrected chi connectivity index (χ0v) is 15.1. The molecule has 2 aromatic carbocycles. The molecule has 0 atom stereocenters. The summed E-state index contributed by atoms with van der Waals surface area (Å²) in [6.45, 7) is 0. The van der Waals surface area contributed by atoms with E-state index in [0.717, 1.165) is 20.6 Å². The van der Waals surface area contributed by atoms with Gasteiger partial charge in [-0.05, 0) is 29.8 Å². The highest BCUT2D eigenvalue weighted by molar-refractivity contribution is 7.16. The number of aryl methyl sites for hydroxylation is 1. The number of methoxy groups -OCH3 is 2. The van der Waals surface area contributed by atoms with Crippen LogP contribution in [0.15, 0.2) is 47.6 Å². The topological polar surface area (TPSA) is 64.8 Å². The summed E-state index contributed by atoms with van der Waals surface area (Å²) in [4.78, 5) is 12.9. The molecule has 0 aliphatic rings. The van der Waals surface area contributed by atoms with Gasteiger partial charge in [0.1, 0.15) is 0 Å². The number of hydrogen-bond acceptors (Lipinski definition) is 5. The van der Waals surface area contributed by atoms with Crippen molar-refractivity contribution in [1.82, 2.24) is 9.99 Å². The molecule has 130 valence electrons. The van der Waals surface area contributed by atoms with E-state index in [1.165, 1.54) is 11.3 Å². The highest BCUT2D eigenvalue weighted by Crippen LogP contribution is 2.27. The quantitative estimate of drug-likeness (QED) is 0.713. The molecular formula is C18H19N3O3S. The predicted molar refractivity (Wildman–Crippen MR) is 97.8 cm³/mol. The van der Waals surface area contributed by atoms with Crippen LogP contribution in [0.3, 0.4) is 0 Å². The molecule has 6 nitrogen and oxygen atoms in total. The lowest BCUT2D eigenvalue weighted by molar-refractivity contribution is -0.120. The normalized spacial score (nSPS) is 11.6. The molecule has 0 fully saturated rings. The van der Waals surface area contributed by atoms with E-state index in [9.17, 15) is 4.79 Å². The number of rotatable bonds is 5. The number of fused-ring (bicyclic) bond motifs is 1. The number of hydrogen-bond donors (Lipinski definition) is 1. The van der Waals surface area contributed by atoms with Crippen LogP contribution < -0.4 is 19.7 Å². The summed E-state index contributed by atoms with van der Waals surface area (Å²) in [5, 5.41) is 4.24. The maximum atomic E-state index is 12.2. The van der Waals surface area contributed by atoms with Gasteiger partial charge in [0.15, 0.2) is 11.5 Å². The van der Waals surface area contributed by atoms with Crippen molar-refractivity contribution in [2.45, 2.75) is 6.42 Å². The van der Waals surface area contributed by atoms with Crippen LogP contribution in [0.2, 0.25) is 0 Å². The first-order valence-electron chi connectivity index (χ1n) is 7.70. The molecule has 1 heterocycles. The summed E-state index contributed by atoms with van der Waals surface area (Å²) in [5.41, 5.74) is 4.53. The minimum absolute atomic E-state index is 0.190. The van der Waals surface area contributed by atoms with Crippen molar-refractivity contribution < 1.29 is 14.3 Å². The van der Waals surface area contributed by atoms with Crippen LogP contribution >= 0.6 is 11.3 Å². The van der Waals surface area contributed by atoms with Gasteiger partial charge in [0.2, 0.25) is 10.7 Å². The van der Waals surface area contributed by atoms with E-state index in [1.54, 1.807) is 26.4 Å². The highest BCUT2D eigenvalue weighted by atomic mass is 32.1. The number of carbonyl (C=O) groups is 1. The molecule has 1 aromatic heterocycles. The molecule has 0 unspecified atom stereocenters. The van der Waals surface area contributed by atoms with Crippen LogP contribution in [-0.4, -0.2) is 24.7 Å². The zero-order chi connectivity index (χ0) is 17.8. The smallest absolute Gasteiger partial charge is 0.244 e. The van der Waals surface area contributed by atoms with E-state index in [0.29, 0.717) is 11.5 Å². The largest absolute Gasteiger partial charge is 0.493 e. The van der Waals surface area contributed by atoms with Gasteiger partial charge in [-0.2, -0.15) is 0 Å². The number of para-hydroxylation sites is 1. The Balaban J connectivity index is 1.75. The molecule has 0 saturated carbocycles. The van der Waals surface area contributed by atoms with Crippen LogP contribution in [0.25, 0.3) is 10.2 Å². The van der Waals surface area contributed by atoms with Crippen LogP contribution in [0.4, 0.5) is 0 Å². The number of carbonyl (C=O) groups excluding carboxylic acids is 1. The number of amides is 1. The molecule has 0 saturated heterocycles. The SMILES string of the molecule is COc1ccc(CC(=O)N/N=c2/sc3ccccc3n2C)cc1OC. The first kappa shape index (κ1) is 17.0. The highest BCUT2D eigenvalue weighted by Gasteiger charge is 2.08. The minimum atomic E-state index is -0.190. The van der Waals surface area contributed by atoms with Crippen molar-refractivity contribution in [1.29, 1.82) is 0 Å². The molecule has 25 heavy (non-hydrogen) atoms. The van der Waals surface area contributed by atoms with Crippen molar-refractivity contribution >= 4 is 27.5 Å². The third-order valence-corrected chi connectivity index (χ3v) is 4.92. The monoisotopic (exact) mass is 357 g/mol. The Morgan fingerprint density at radius 1 is 1.16 bits per heavy atom. The molecule has 0 radical (unpaired) electrons. The molecular weight excluding hydrogens is 338 g/mol. The van der Waals surface area contributed by atoms with Crippen molar-refractivity contribution in [2.24, 2.45) is 12.1 Å². The van der Waals surface area contributed by atoms with E-state index in [1.807, 2.05) is 41.9 Å². The van der Waals surface area contributed by atoms with Gasteiger partial charge >= 0.3 is 0 Å². The fraction of sp³-hybridized carbons (Fsp3) is 0.222. The lowest BCUT2D eigenvalue weighted by atomic mass is 10.1. The number of benzene rings is 2. The maximum Gasteiger partial charge on any atom is 0.244 e. The molecule has 1 N–H and O–H groups in total. The van der Waals surface area contributed by atoms with E-state index in [-0.39, 0.29) is 12.3 Å². The third-order valence-electron chi connectivity index (χ3n) is 3.80. The van der Waals surface area contributed by atoms with Gasteiger partial charge in [-0.3, -0.25) is 4.79 Å². The maximum absolute atomic E-state index is 12.2. The van der Waals surface area contributed by atoms with Crippen molar-refractivity contribution in [2.75, 3.05) is 14.2 Å². The van der Waals surface area contributed by atoms with Gasteiger partial charge in [0, 0.05) is 7.05 Å². The summed E-state index contributed by atoms with van der Waals surface area (Å²) >= 11 is 1.53. The second-order valence-electron chi connectivity index (χ2n) is 5.42. The van der Waals surface area contributed by atoms with Crippen molar-refractivity contribution in [3.63, 3.8) is 0 Å². The average Bonchev–Trinajstić information content (AvgIpc) is 2.96. The van der Waals surface area contributed by atoms with Crippen molar-refractivity contribution in [3.8, 4) is 11.5 Å². The number of nitrogens with one attached hydrogen (secondary N) is 1. The van der Waals surface area contributed by atoms with Gasteiger partial charge in [0.25, 0.3) is 0 Å². The lowest BCUT2D eigenvalue weighted by Crippen LogP contribution is -2.24. The second-order valence-corrected chi connectivity index (χ2v) is 6.43. The van der Waals surface area contributed by atoms with Crippen LogP contribution in [-0.2, 0) is 18.3 Å². The predicted octanol–water partition coefficient (Wildman–Crippen LogP) is 2.43. The molecule has 7 heteroatoms. The fourth-order valence-corrected chi connectivity index (χ4v) is 3.49. The summed E-state index contributed by atoms with van der Waals surface area (Å²) in [7, 11) is 5.07. The van der Waals surface area contributed by atoms with Gasteiger partial charge in [-0.15, -0.1) is 5.10 Å². The molecule has 0 aliphatic carbocycles. The van der Waals surface area contributed by atoms with Crippen LogP contribution in [0, 0.1) is 0 Å². The number of thiazole rings is 1. The van der Waals surface area contributed by atoms with Gasteiger partial charge < -0.3 is 14.0 Å². The average molecular weight is 357 g/mol. The fourth-order valence-electron chi connectivity index (χ4n) is 2.51. The van der Waals surface area contributed by atoms with Crippen LogP contribution in [0.1, 0.15) is 5.56 Å². The summed E-state index contributed by atoms with van der Waals surface area (Å²) < 4.78 is 13.5. The Morgan fingerprint density at radius 2 is 1.92 bits per heavy atom. The Kier molecular flexibility index (Phi) is 5.04. The first-order valence-corrected chi connectivity index (χ1v) is 8.52. The first-order chi connectivity index (χ1) is 12.1. The van der Waals surface area contributed by atoms with E-state index in [2.05, 4.69) is 10.5 Å². The Labute approximate surface area is 149 Å². The number of ether oxygens (including phenoxy) is 2. The number of aromatic nitrogens is 1. The van der Waals surface area contributed by atoms with Gasteiger partial charge in [-0.1, -0.05) is 29.5 Å². The Morgan fingerprint density at radius 3 is 2.64 bits per heavy atom. The third kappa shape index (κ3) is 3.66. The molecule has 0 bridgehead atoms. The van der Waals surface area contributed by atoms with E-state index in [4.69, 9.17) is 9.47 Å². The van der Waals surface area contributed by atoms with E-state index >= 15 is 0 Å². The Bertz CT molecular complexity index is 975. The molecule has 1 amide bonds. The van der Waals surface area contributed by atoms with Crippen molar-refractivity contribution in [3.05, 3.63) is 52.8 Å². The second kappa shape index (κ2) is 7.40. The van der Waals surface area contributed by atoms with Gasteiger partial charge in [-0.25, -0.2) is 5.43 Å². The summed E-state index contributed by atoms with van der Waals surface area (Å²) in [6, 6.07) is 13.4. The molecule has 3 rings (SSSR count). The summed E-state index contributed by atoms with van der Waals surface area (Å²) in [5.74, 6) is 1.04. The zero-order valence-electron chi connectivity index (χ0n) is 14.3. The van der Waals surface area contributed by atoms with E-state index < -0.39 is 0 Å². The standard InChI is InChI=1S/C18H19N3O3S/c1-21-13-6-4-5-7-16(13)25-18(21)20-19-17(22)11-12-8-9-14(23-2)15(10-12)24-3/h4-10H,11H2,1-3H3,(H,19,22)/b20-18+.